The number of phenolic OH excluding ortho intramolecular Hbond substituents is 1. The molecule has 558 valence electrons. The molecule has 4 saturated heterocycles. The number of nitrogens with two attached hydrogens (primary N) is 7. The monoisotopic (exact) mass is 1420 g/mol. The van der Waals surface area contributed by atoms with Gasteiger partial charge in [-0.2, -0.15) is 0 Å². The predicted molar refractivity (Wildman–Crippen MR) is 370 cm³/mol. The standard InChI is InChI=1S/C17H26BN3O6.C17H26BN3O5.C15H27BN2O5.C14H24BN5O5/c19-14(8-11-3-5-13(22)6-4-11)15(23)21-9-12(2-1-7-18(26)27)17(20,10-21)16(24)25;19-14(9-12-5-2-1-3-6-12)15(22)21-10-13(7-4-8-18(25)26)17(20,11-21)16(23)24;17-15(14(20)21)10-18(9-12(15)7-4-8-16(22)23)13(19)11-5-2-1-3-6-11;16-11(4-10-5-18-8-19-10)12(21)20-6-9(2-1-3-15(24)25)14(17,7-20)13(22)23/h3-6,12,14,22,26-27H,1-2,7-10,19-20H2,(H,24,25);1-3,5-6,13-14,25-26H,4,7-11,19-20H2,(H,23,24);11-12,22-23H,1-10,17H2,(H,20,21);5,8-9,11,24-25H,1-4,6-7,16-17H2,(H,18,19)(H,22,23)/t12-,14-,17-;13-,14-,17-;12-,15-;9-,11-,14-/m0000/s1. The van der Waals surface area contributed by atoms with Gasteiger partial charge in [-0.05, 0) is 99.9 Å². The van der Waals surface area contributed by atoms with Crippen molar-refractivity contribution < 1.29 is 104 Å². The zero-order valence-electron chi connectivity index (χ0n) is 56.9. The van der Waals surface area contributed by atoms with Crippen LogP contribution >= 0.6 is 0 Å². The lowest BCUT2D eigenvalue weighted by Crippen LogP contribution is -2.55. The van der Waals surface area contributed by atoms with E-state index in [1.807, 2.05) is 30.3 Å². The average Bonchev–Trinajstić information content (AvgIpc) is 1.66. The van der Waals surface area contributed by atoms with Crippen molar-refractivity contribution in [2.24, 2.45) is 69.7 Å². The third-order valence-corrected chi connectivity index (χ3v) is 20.0. The van der Waals surface area contributed by atoms with Crippen molar-refractivity contribution in [3.63, 3.8) is 0 Å². The topological polar surface area (TPSA) is 623 Å². The van der Waals surface area contributed by atoms with Crippen molar-refractivity contribution in [3.8, 4) is 5.75 Å². The van der Waals surface area contributed by atoms with Crippen molar-refractivity contribution in [1.82, 2.24) is 29.6 Å². The van der Waals surface area contributed by atoms with Gasteiger partial charge >= 0.3 is 52.4 Å². The summed E-state index contributed by atoms with van der Waals surface area (Å²) in [6.45, 7) is 0.568. The Bertz CT molecular complexity index is 3160. The van der Waals surface area contributed by atoms with E-state index in [0.717, 1.165) is 43.2 Å². The summed E-state index contributed by atoms with van der Waals surface area (Å²) in [6, 6.07) is 13.3. The van der Waals surface area contributed by atoms with Crippen molar-refractivity contribution in [2.45, 2.75) is 168 Å². The molecule has 4 amide bonds. The van der Waals surface area contributed by atoms with E-state index in [-0.39, 0.29) is 125 Å². The number of nitrogens with zero attached hydrogens (tertiary/aromatic N) is 5. The van der Waals surface area contributed by atoms with Gasteiger partial charge in [-0.15, -0.1) is 0 Å². The number of phenols is 1. The van der Waals surface area contributed by atoms with E-state index in [4.69, 9.17) is 80.3 Å². The number of H-pyrrole nitrogens is 1. The number of aromatic hydroxyl groups is 1. The molecule has 0 spiro atoms. The van der Waals surface area contributed by atoms with Crippen LogP contribution in [-0.4, -0.2) is 264 Å². The van der Waals surface area contributed by atoms with E-state index in [0.29, 0.717) is 70.0 Å². The summed E-state index contributed by atoms with van der Waals surface area (Å²) in [6.07, 6.45) is 12.8. The number of carboxylic acid groups (broad SMARTS) is 4. The summed E-state index contributed by atoms with van der Waals surface area (Å²) >= 11 is 0. The molecule has 38 heteroatoms. The number of carbonyl (C=O) groups excluding carboxylic acids is 4. The first kappa shape index (κ1) is 84.5. The van der Waals surface area contributed by atoms with Gasteiger partial charge in [0.15, 0.2) is 0 Å². The molecule has 5 aliphatic rings. The molecule has 0 radical (unpaired) electrons. The Labute approximate surface area is 587 Å². The predicted octanol–water partition coefficient (Wildman–Crippen LogP) is -4.36. The number of amides is 4. The maximum Gasteiger partial charge on any atom is 0.451 e. The van der Waals surface area contributed by atoms with Crippen LogP contribution in [0.5, 0.6) is 5.75 Å². The highest BCUT2D eigenvalue weighted by molar-refractivity contribution is 6.41. The van der Waals surface area contributed by atoms with Gasteiger partial charge in [-0.1, -0.05) is 87.4 Å². The number of benzene rings is 2. The zero-order valence-corrected chi connectivity index (χ0v) is 56.9. The van der Waals surface area contributed by atoms with Crippen molar-refractivity contribution in [1.29, 1.82) is 0 Å². The fourth-order valence-electron chi connectivity index (χ4n) is 13.9. The van der Waals surface area contributed by atoms with Gasteiger partial charge < -0.3 is 130 Å². The summed E-state index contributed by atoms with van der Waals surface area (Å²) in [7, 11) is -5.74. The third kappa shape index (κ3) is 24.2. The zero-order chi connectivity index (χ0) is 75.2. The number of likely N-dealkylation sites (tertiary alicyclic amines) is 4. The van der Waals surface area contributed by atoms with E-state index in [1.165, 1.54) is 33.2 Å². The number of aliphatic carboxylic acids is 4. The highest BCUT2D eigenvalue weighted by atomic mass is 16.4. The number of nitrogens with one attached hydrogen (secondary N) is 1. The van der Waals surface area contributed by atoms with Gasteiger partial charge in [-0.25, -0.2) is 4.98 Å². The molecule has 3 aromatic rings. The van der Waals surface area contributed by atoms with E-state index < -0.39 is 110 Å². The van der Waals surface area contributed by atoms with E-state index in [2.05, 4.69) is 9.97 Å². The summed E-state index contributed by atoms with van der Waals surface area (Å²) in [5.41, 5.74) is 38.6. The van der Waals surface area contributed by atoms with Gasteiger partial charge in [0.2, 0.25) is 23.6 Å². The average molecular weight is 1420 g/mol. The molecule has 101 heavy (non-hydrogen) atoms. The molecule has 4 aliphatic heterocycles. The SMILES string of the molecule is N[C@@H](Cc1ccc(O)cc1)C(=O)N1C[C@H](CCCB(O)O)[C@](N)(C(=O)O)C1.N[C@@H](Cc1ccccc1)C(=O)N1C[C@H](CCCB(O)O)[C@](N)(C(=O)O)C1.N[C@@H](Cc1cnc[nH]1)C(=O)N1C[C@H](CCCB(O)O)[C@](N)(C(=O)O)C1.N[C@@]1(C(=O)O)CN(C(=O)C2CCCCC2)C[C@@H]1CCCB(O)O. The Morgan fingerprint density at radius 3 is 1.10 bits per heavy atom. The van der Waals surface area contributed by atoms with Crippen LogP contribution in [0.4, 0.5) is 0 Å². The first-order valence-corrected chi connectivity index (χ1v) is 34.2. The van der Waals surface area contributed by atoms with Crippen LogP contribution in [0.3, 0.4) is 0 Å². The fourth-order valence-corrected chi connectivity index (χ4v) is 13.9. The minimum Gasteiger partial charge on any atom is -0.508 e. The minimum absolute atomic E-state index is 0.000177. The van der Waals surface area contributed by atoms with Gasteiger partial charge in [0.25, 0.3) is 0 Å². The summed E-state index contributed by atoms with van der Waals surface area (Å²) < 4.78 is 0. The van der Waals surface area contributed by atoms with Crippen LogP contribution in [0, 0.1) is 29.6 Å². The van der Waals surface area contributed by atoms with E-state index in [1.54, 1.807) is 23.2 Å². The first-order chi connectivity index (χ1) is 47.4. The largest absolute Gasteiger partial charge is 0.508 e. The fraction of sp³-hybridized carbons (Fsp3) is 0.635. The first-order valence-electron chi connectivity index (χ1n) is 34.2. The van der Waals surface area contributed by atoms with Gasteiger partial charge in [0.1, 0.15) is 27.9 Å². The number of hydrogen-bond acceptors (Lipinski definition) is 25. The molecule has 5 fully saturated rings. The molecular weight excluding hydrogens is 1320 g/mol. The van der Waals surface area contributed by atoms with Crippen LogP contribution in [0.1, 0.15) is 100 Å². The smallest absolute Gasteiger partial charge is 0.451 e. The van der Waals surface area contributed by atoms with Crippen molar-refractivity contribution in [2.75, 3.05) is 52.4 Å². The molecule has 28 N–H and O–H groups in total. The molecule has 1 saturated carbocycles. The lowest BCUT2D eigenvalue weighted by molar-refractivity contribution is -0.146. The molecule has 5 heterocycles. The van der Waals surface area contributed by atoms with Crippen LogP contribution in [0.15, 0.2) is 67.1 Å². The normalized spacial score (nSPS) is 24.9. The Hall–Kier alpha value is -7.13. The highest BCUT2D eigenvalue weighted by Gasteiger charge is 2.55. The van der Waals surface area contributed by atoms with Crippen LogP contribution in [0.25, 0.3) is 0 Å². The summed E-state index contributed by atoms with van der Waals surface area (Å²) in [4.78, 5) is 110. The Balaban J connectivity index is 0.000000243. The van der Waals surface area contributed by atoms with Crippen LogP contribution in [0.2, 0.25) is 25.3 Å². The lowest BCUT2D eigenvalue weighted by atomic mass is 9.78. The number of aromatic amines is 1. The molecule has 11 atom stereocenters. The number of hydrogen-bond donors (Lipinski definition) is 21. The quantitative estimate of drug-likeness (QED) is 0.0280. The second-order valence-electron chi connectivity index (χ2n) is 27.7. The number of carbonyl (C=O) groups is 8. The Kier molecular flexibility index (Phi) is 32.6. The number of aromatic nitrogens is 2. The lowest BCUT2D eigenvalue weighted by Gasteiger charge is -2.27. The van der Waals surface area contributed by atoms with Gasteiger partial charge in [0, 0.05) is 100 Å². The molecular formula is C63H103B4N13O21. The summed E-state index contributed by atoms with van der Waals surface area (Å²) in [5, 5.41) is 119. The second-order valence-corrected chi connectivity index (χ2v) is 27.7. The van der Waals surface area contributed by atoms with Crippen molar-refractivity contribution >= 4 is 76.0 Å². The molecule has 34 nitrogen and oxygen atoms in total. The molecule has 0 unspecified atom stereocenters. The maximum atomic E-state index is 12.7. The van der Waals surface area contributed by atoms with Crippen LogP contribution < -0.4 is 40.1 Å². The van der Waals surface area contributed by atoms with Gasteiger partial charge in [0.05, 0.1) is 24.5 Å². The maximum absolute atomic E-state index is 12.7. The van der Waals surface area contributed by atoms with Gasteiger partial charge in [-0.3, -0.25) is 38.4 Å². The molecule has 8 rings (SSSR count). The highest BCUT2D eigenvalue weighted by Crippen LogP contribution is 2.36. The molecule has 0 bridgehead atoms. The Morgan fingerprint density at radius 1 is 0.465 bits per heavy atom. The van der Waals surface area contributed by atoms with Crippen LogP contribution in [-0.2, 0) is 57.6 Å². The summed E-state index contributed by atoms with van der Waals surface area (Å²) in [5.74, 6) is -7.37. The molecule has 1 aliphatic carbocycles. The van der Waals surface area contributed by atoms with E-state index >= 15 is 0 Å². The number of carboxylic acids is 4. The van der Waals surface area contributed by atoms with Crippen molar-refractivity contribution in [3.05, 3.63) is 83.9 Å². The Morgan fingerprint density at radius 2 is 0.782 bits per heavy atom. The molecule has 1 aromatic heterocycles. The molecule has 2 aromatic carbocycles. The van der Waals surface area contributed by atoms with E-state index in [9.17, 15) is 63.9 Å². The second kappa shape index (κ2) is 38.9. The number of rotatable bonds is 30. The third-order valence-electron chi connectivity index (χ3n) is 20.0. The minimum atomic E-state index is -1.59. The number of imidazole rings is 1.